The molecule has 1 aromatic heterocycles. The maximum Gasteiger partial charge on any atom is 0.0634 e. The summed E-state index contributed by atoms with van der Waals surface area (Å²) < 4.78 is 0. The maximum absolute atomic E-state index is 6.11. The van der Waals surface area contributed by atoms with Gasteiger partial charge in [0.15, 0.2) is 0 Å². The normalized spacial score (nSPS) is 23.3. The van der Waals surface area contributed by atoms with Gasteiger partial charge in [0.2, 0.25) is 0 Å². The van der Waals surface area contributed by atoms with Gasteiger partial charge in [-0.3, -0.25) is 9.88 Å². The molecule has 0 amide bonds. The maximum atomic E-state index is 6.11. The highest BCUT2D eigenvalue weighted by atomic mass is 35.5. The third kappa shape index (κ3) is 4.25. The number of pyridine rings is 1. The number of halogens is 3. The second-order valence-electron chi connectivity index (χ2n) is 4.58. The van der Waals surface area contributed by atoms with Gasteiger partial charge in [-0.15, -0.1) is 24.8 Å². The molecule has 0 spiro atoms. The summed E-state index contributed by atoms with van der Waals surface area (Å²) >= 11 is 6.11. The lowest BCUT2D eigenvalue weighted by molar-refractivity contribution is 0.256. The molecule has 0 aromatic carbocycles. The van der Waals surface area contributed by atoms with Gasteiger partial charge in [-0.25, -0.2) is 0 Å². The van der Waals surface area contributed by atoms with Crippen LogP contribution in [0.15, 0.2) is 18.5 Å². The third-order valence-corrected chi connectivity index (χ3v) is 3.69. The van der Waals surface area contributed by atoms with Crippen molar-refractivity contribution in [2.24, 2.45) is 11.7 Å². The quantitative estimate of drug-likeness (QED) is 0.933. The summed E-state index contributed by atoms with van der Waals surface area (Å²) in [5, 5.41) is 0.755. The van der Waals surface area contributed by atoms with Crippen molar-refractivity contribution < 1.29 is 0 Å². The second kappa shape index (κ2) is 8.18. The fourth-order valence-corrected chi connectivity index (χ4v) is 2.54. The van der Waals surface area contributed by atoms with E-state index in [1.165, 1.54) is 6.42 Å². The molecule has 1 aromatic rings. The number of nitrogens with two attached hydrogens (primary N) is 1. The summed E-state index contributed by atoms with van der Waals surface area (Å²) in [7, 11) is 0. The zero-order valence-corrected chi connectivity index (χ0v) is 12.8. The molecule has 104 valence electrons. The second-order valence-corrected chi connectivity index (χ2v) is 4.99. The molecule has 1 aliphatic heterocycles. The molecule has 6 heteroatoms. The molecule has 1 fully saturated rings. The zero-order chi connectivity index (χ0) is 11.5. The van der Waals surface area contributed by atoms with E-state index in [1.54, 1.807) is 12.4 Å². The molecule has 1 saturated heterocycles. The number of hydrogen-bond acceptors (Lipinski definition) is 3. The molecule has 2 unspecified atom stereocenters. The molecule has 2 N–H and O–H groups in total. The molecule has 2 heterocycles. The van der Waals surface area contributed by atoms with E-state index in [2.05, 4.69) is 16.8 Å². The minimum absolute atomic E-state index is 0. The van der Waals surface area contributed by atoms with Crippen molar-refractivity contribution in [3.63, 3.8) is 0 Å². The van der Waals surface area contributed by atoms with E-state index >= 15 is 0 Å². The molecule has 3 nitrogen and oxygen atoms in total. The van der Waals surface area contributed by atoms with E-state index < -0.39 is 0 Å². The van der Waals surface area contributed by atoms with Crippen molar-refractivity contribution in [3.05, 3.63) is 29.0 Å². The molecule has 2 atom stereocenters. The van der Waals surface area contributed by atoms with Crippen LogP contribution < -0.4 is 5.73 Å². The number of aromatic nitrogens is 1. The summed E-state index contributed by atoms with van der Waals surface area (Å²) in [6.07, 6.45) is 4.69. The van der Waals surface area contributed by atoms with Crippen molar-refractivity contribution in [2.45, 2.75) is 25.9 Å². The monoisotopic (exact) mass is 311 g/mol. The van der Waals surface area contributed by atoms with E-state index in [4.69, 9.17) is 17.3 Å². The molecule has 0 aliphatic carbocycles. The molecule has 0 bridgehead atoms. The van der Waals surface area contributed by atoms with Crippen LogP contribution in [0.3, 0.4) is 0 Å². The largest absolute Gasteiger partial charge is 0.330 e. The van der Waals surface area contributed by atoms with E-state index in [0.29, 0.717) is 12.0 Å². The smallest absolute Gasteiger partial charge is 0.0634 e. The van der Waals surface area contributed by atoms with Gasteiger partial charge in [-0.1, -0.05) is 11.6 Å². The van der Waals surface area contributed by atoms with E-state index in [-0.39, 0.29) is 24.8 Å². The first-order valence-corrected chi connectivity index (χ1v) is 6.11. The summed E-state index contributed by atoms with van der Waals surface area (Å²) in [5.41, 5.74) is 6.87. The highest BCUT2D eigenvalue weighted by molar-refractivity contribution is 6.31. The first-order chi connectivity index (χ1) is 7.70. The third-order valence-electron chi connectivity index (χ3n) is 3.35. The number of hydrogen-bond donors (Lipinski definition) is 1. The SMILES string of the molecule is CC1CC(CN)CN1Cc1ccncc1Cl.Cl.Cl. The molecular weight excluding hydrogens is 293 g/mol. The first kappa shape index (κ1) is 17.9. The van der Waals surface area contributed by atoms with Crippen LogP contribution in [-0.4, -0.2) is 29.0 Å². The van der Waals surface area contributed by atoms with E-state index in [0.717, 1.165) is 30.2 Å². The predicted octanol–water partition coefficient (Wildman–Crippen LogP) is 2.75. The van der Waals surface area contributed by atoms with Crippen molar-refractivity contribution in [2.75, 3.05) is 13.1 Å². The fourth-order valence-electron chi connectivity index (χ4n) is 2.36. The Kier molecular flexibility index (Phi) is 8.15. The minimum atomic E-state index is 0. The zero-order valence-electron chi connectivity index (χ0n) is 10.4. The lowest BCUT2D eigenvalue weighted by atomic mass is 10.1. The lowest BCUT2D eigenvalue weighted by Gasteiger charge is -2.21. The van der Waals surface area contributed by atoms with Crippen LogP contribution >= 0.6 is 36.4 Å². The highest BCUT2D eigenvalue weighted by Crippen LogP contribution is 2.25. The standard InChI is InChI=1S/C12H18ClN3.2ClH/c1-9-4-10(5-14)7-16(9)8-11-2-3-15-6-12(11)13;;/h2-3,6,9-10H,4-5,7-8,14H2,1H3;2*1H. The Hall–Kier alpha value is -0.0600. The van der Waals surface area contributed by atoms with Crippen LogP contribution in [-0.2, 0) is 6.54 Å². The Morgan fingerprint density at radius 3 is 2.78 bits per heavy atom. The average molecular weight is 313 g/mol. The topological polar surface area (TPSA) is 42.1 Å². The Balaban J connectivity index is 0.00000144. The Morgan fingerprint density at radius 1 is 1.50 bits per heavy atom. The van der Waals surface area contributed by atoms with Gasteiger partial charge < -0.3 is 5.73 Å². The van der Waals surface area contributed by atoms with Crippen LogP contribution in [0.1, 0.15) is 18.9 Å². The molecular formula is C12H20Cl3N3. The van der Waals surface area contributed by atoms with Gasteiger partial charge in [-0.2, -0.15) is 0 Å². The Labute approximate surface area is 126 Å². The fraction of sp³-hybridized carbons (Fsp3) is 0.583. The van der Waals surface area contributed by atoms with Gasteiger partial charge in [-0.05, 0) is 37.4 Å². The lowest BCUT2D eigenvalue weighted by Crippen LogP contribution is -2.27. The predicted molar refractivity (Wildman–Crippen MR) is 80.8 cm³/mol. The molecule has 2 rings (SSSR count). The molecule has 1 aliphatic rings. The average Bonchev–Trinajstić information content (AvgIpc) is 2.63. The van der Waals surface area contributed by atoms with Crippen molar-refractivity contribution in [1.82, 2.24) is 9.88 Å². The van der Waals surface area contributed by atoms with Crippen LogP contribution in [0.5, 0.6) is 0 Å². The van der Waals surface area contributed by atoms with Crippen molar-refractivity contribution in [3.8, 4) is 0 Å². The van der Waals surface area contributed by atoms with Crippen LogP contribution in [0.4, 0.5) is 0 Å². The minimum Gasteiger partial charge on any atom is -0.330 e. The summed E-state index contributed by atoms with van der Waals surface area (Å²) in [5.74, 6) is 0.635. The van der Waals surface area contributed by atoms with Gasteiger partial charge in [0.05, 0.1) is 5.02 Å². The van der Waals surface area contributed by atoms with Gasteiger partial charge in [0, 0.05) is 31.5 Å². The number of nitrogens with zero attached hydrogens (tertiary/aromatic N) is 2. The van der Waals surface area contributed by atoms with Gasteiger partial charge >= 0.3 is 0 Å². The first-order valence-electron chi connectivity index (χ1n) is 5.73. The van der Waals surface area contributed by atoms with Gasteiger partial charge in [0.25, 0.3) is 0 Å². The summed E-state index contributed by atoms with van der Waals surface area (Å²) in [4.78, 5) is 6.44. The van der Waals surface area contributed by atoms with E-state index in [9.17, 15) is 0 Å². The van der Waals surface area contributed by atoms with Crippen LogP contribution in [0.25, 0.3) is 0 Å². The summed E-state index contributed by atoms with van der Waals surface area (Å²) in [6, 6.07) is 2.59. The number of likely N-dealkylation sites (tertiary alicyclic amines) is 1. The van der Waals surface area contributed by atoms with E-state index in [1.807, 2.05) is 6.07 Å². The van der Waals surface area contributed by atoms with Crippen molar-refractivity contribution in [1.29, 1.82) is 0 Å². The number of rotatable bonds is 3. The van der Waals surface area contributed by atoms with Crippen molar-refractivity contribution >= 4 is 36.4 Å². The van der Waals surface area contributed by atoms with Crippen LogP contribution in [0, 0.1) is 5.92 Å². The molecule has 0 saturated carbocycles. The van der Waals surface area contributed by atoms with Gasteiger partial charge in [0.1, 0.15) is 0 Å². The highest BCUT2D eigenvalue weighted by Gasteiger charge is 2.28. The summed E-state index contributed by atoms with van der Waals surface area (Å²) in [6.45, 7) is 5.02. The Morgan fingerprint density at radius 2 is 2.22 bits per heavy atom. The Bertz CT molecular complexity index is 362. The molecule has 18 heavy (non-hydrogen) atoms. The van der Waals surface area contributed by atoms with Crippen LogP contribution in [0.2, 0.25) is 5.02 Å². The molecule has 0 radical (unpaired) electrons.